The summed E-state index contributed by atoms with van der Waals surface area (Å²) < 4.78 is 10.7. The van der Waals surface area contributed by atoms with E-state index in [4.69, 9.17) is 21.1 Å². The van der Waals surface area contributed by atoms with Crippen LogP contribution in [0.15, 0.2) is 36.4 Å². The molecule has 1 atom stereocenters. The summed E-state index contributed by atoms with van der Waals surface area (Å²) in [5, 5.41) is 4.45. The maximum atomic E-state index is 6.05. The Morgan fingerprint density at radius 1 is 1.10 bits per heavy atom. The lowest BCUT2D eigenvalue weighted by Crippen LogP contribution is -2.18. The molecule has 2 aromatic carbocycles. The van der Waals surface area contributed by atoms with Gasteiger partial charge >= 0.3 is 0 Å². The lowest BCUT2D eigenvalue weighted by Gasteiger charge is -2.14. The minimum absolute atomic E-state index is 0.322. The third kappa shape index (κ3) is 2.47. The minimum atomic E-state index is 0.322. The Balaban J connectivity index is 1.46. The first kappa shape index (κ1) is 13.0. The van der Waals surface area contributed by atoms with Gasteiger partial charge in [0.25, 0.3) is 0 Å². The summed E-state index contributed by atoms with van der Waals surface area (Å²) in [6.07, 6.45) is 2.22. The molecule has 1 aliphatic heterocycles. The average molecular weight is 302 g/mol. The molecule has 21 heavy (non-hydrogen) atoms. The third-order valence-corrected chi connectivity index (χ3v) is 4.41. The van der Waals surface area contributed by atoms with Crippen LogP contribution < -0.4 is 14.8 Å². The summed E-state index contributed by atoms with van der Waals surface area (Å²) in [6.45, 7) is 1.15. The topological polar surface area (TPSA) is 30.5 Å². The quantitative estimate of drug-likeness (QED) is 0.934. The lowest BCUT2D eigenvalue weighted by molar-refractivity contribution is 0.174. The zero-order chi connectivity index (χ0) is 14.2. The van der Waals surface area contributed by atoms with Gasteiger partial charge in [0.1, 0.15) is 0 Å². The molecule has 0 saturated carbocycles. The second-order valence-corrected chi connectivity index (χ2v) is 5.94. The van der Waals surface area contributed by atoms with Gasteiger partial charge in [0.2, 0.25) is 6.79 Å². The van der Waals surface area contributed by atoms with Gasteiger partial charge in [-0.2, -0.15) is 0 Å². The molecule has 4 rings (SSSR count). The monoisotopic (exact) mass is 301 g/mol. The first-order valence-electron chi connectivity index (χ1n) is 7.20. The van der Waals surface area contributed by atoms with Crippen molar-refractivity contribution < 1.29 is 9.47 Å². The Kier molecular flexibility index (Phi) is 3.24. The van der Waals surface area contributed by atoms with Crippen molar-refractivity contribution in [3.8, 4) is 11.5 Å². The molecule has 1 unspecified atom stereocenters. The van der Waals surface area contributed by atoms with Crippen molar-refractivity contribution in [3.05, 3.63) is 58.1 Å². The molecule has 0 spiro atoms. The van der Waals surface area contributed by atoms with E-state index in [0.717, 1.165) is 35.9 Å². The van der Waals surface area contributed by atoms with E-state index in [0.29, 0.717) is 12.8 Å². The van der Waals surface area contributed by atoms with Crippen LogP contribution in [0, 0.1) is 0 Å². The SMILES string of the molecule is Clc1ccc2c(c1)CCC2NCc1ccc2c(c1)OCO2. The van der Waals surface area contributed by atoms with Crippen LogP contribution in [0.25, 0.3) is 0 Å². The Bertz CT molecular complexity index is 686. The molecular weight excluding hydrogens is 286 g/mol. The van der Waals surface area contributed by atoms with Crippen molar-refractivity contribution >= 4 is 11.6 Å². The number of rotatable bonds is 3. The molecular formula is C17H16ClNO2. The van der Waals surface area contributed by atoms with Crippen molar-refractivity contribution in [1.82, 2.24) is 5.32 Å². The smallest absolute Gasteiger partial charge is 0.231 e. The Morgan fingerprint density at radius 2 is 2.00 bits per heavy atom. The second kappa shape index (κ2) is 5.24. The van der Waals surface area contributed by atoms with Crippen LogP contribution in [-0.4, -0.2) is 6.79 Å². The number of fused-ring (bicyclic) bond motifs is 2. The fraction of sp³-hybridized carbons (Fsp3) is 0.294. The minimum Gasteiger partial charge on any atom is -0.454 e. The molecule has 0 saturated heterocycles. The summed E-state index contributed by atoms with van der Waals surface area (Å²) >= 11 is 6.05. The number of benzene rings is 2. The predicted molar refractivity (Wildman–Crippen MR) is 81.9 cm³/mol. The fourth-order valence-electron chi connectivity index (χ4n) is 3.09. The van der Waals surface area contributed by atoms with E-state index in [-0.39, 0.29) is 0 Å². The highest BCUT2D eigenvalue weighted by Gasteiger charge is 2.22. The summed E-state index contributed by atoms with van der Waals surface area (Å²) in [6, 6.07) is 12.7. The highest BCUT2D eigenvalue weighted by atomic mass is 35.5. The van der Waals surface area contributed by atoms with Crippen LogP contribution >= 0.6 is 11.6 Å². The van der Waals surface area contributed by atoms with Crippen molar-refractivity contribution in [3.63, 3.8) is 0 Å². The normalized spacial score (nSPS) is 18.8. The molecule has 0 aromatic heterocycles. The van der Waals surface area contributed by atoms with E-state index in [2.05, 4.69) is 23.5 Å². The molecule has 2 aromatic rings. The average Bonchev–Trinajstić information content (AvgIpc) is 3.10. The highest BCUT2D eigenvalue weighted by Crippen LogP contribution is 2.34. The number of hydrogen-bond donors (Lipinski definition) is 1. The van der Waals surface area contributed by atoms with E-state index >= 15 is 0 Å². The van der Waals surface area contributed by atoms with Crippen molar-refractivity contribution in [2.45, 2.75) is 25.4 Å². The summed E-state index contributed by atoms with van der Waals surface area (Å²) in [4.78, 5) is 0. The molecule has 0 amide bonds. The summed E-state index contributed by atoms with van der Waals surface area (Å²) in [5.41, 5.74) is 3.95. The van der Waals surface area contributed by atoms with Gasteiger partial charge < -0.3 is 14.8 Å². The number of nitrogens with one attached hydrogen (secondary N) is 1. The lowest BCUT2D eigenvalue weighted by atomic mass is 10.1. The van der Waals surface area contributed by atoms with Crippen LogP contribution in [0.4, 0.5) is 0 Å². The van der Waals surface area contributed by atoms with Crippen LogP contribution in [0.2, 0.25) is 5.02 Å². The van der Waals surface area contributed by atoms with Gasteiger partial charge in [-0.1, -0.05) is 23.7 Å². The zero-order valence-electron chi connectivity index (χ0n) is 11.6. The molecule has 1 aliphatic carbocycles. The van der Waals surface area contributed by atoms with E-state index in [1.165, 1.54) is 16.7 Å². The maximum absolute atomic E-state index is 6.05. The van der Waals surface area contributed by atoms with Gasteiger partial charge in [0, 0.05) is 17.6 Å². The molecule has 2 aliphatic rings. The van der Waals surface area contributed by atoms with Gasteiger partial charge in [0.05, 0.1) is 0 Å². The van der Waals surface area contributed by atoms with Crippen LogP contribution in [0.1, 0.15) is 29.2 Å². The fourth-order valence-corrected chi connectivity index (χ4v) is 3.28. The molecule has 0 bridgehead atoms. The number of halogens is 1. The summed E-state index contributed by atoms with van der Waals surface area (Å²) in [7, 11) is 0. The zero-order valence-corrected chi connectivity index (χ0v) is 12.3. The van der Waals surface area contributed by atoms with Crippen LogP contribution in [-0.2, 0) is 13.0 Å². The molecule has 1 N–H and O–H groups in total. The number of aryl methyl sites for hydroxylation is 1. The Hall–Kier alpha value is -1.71. The van der Waals surface area contributed by atoms with E-state index in [1.807, 2.05) is 18.2 Å². The van der Waals surface area contributed by atoms with Gasteiger partial charge in [-0.05, 0) is 53.8 Å². The van der Waals surface area contributed by atoms with Crippen molar-refractivity contribution in [2.24, 2.45) is 0 Å². The first-order valence-corrected chi connectivity index (χ1v) is 7.57. The molecule has 1 heterocycles. The van der Waals surface area contributed by atoms with Gasteiger partial charge in [-0.25, -0.2) is 0 Å². The largest absolute Gasteiger partial charge is 0.454 e. The van der Waals surface area contributed by atoms with Gasteiger partial charge in [-0.3, -0.25) is 0 Å². The standard InChI is InChI=1S/C17H16ClNO2/c18-13-3-4-14-12(8-13)2-5-15(14)19-9-11-1-6-16-17(7-11)21-10-20-16/h1,3-4,6-8,15,19H,2,5,9-10H2. The number of ether oxygens (including phenoxy) is 2. The van der Waals surface area contributed by atoms with Crippen molar-refractivity contribution in [1.29, 1.82) is 0 Å². The molecule has 3 nitrogen and oxygen atoms in total. The number of hydrogen-bond acceptors (Lipinski definition) is 3. The molecule has 0 fully saturated rings. The van der Waals surface area contributed by atoms with E-state index < -0.39 is 0 Å². The van der Waals surface area contributed by atoms with Crippen LogP contribution in [0.5, 0.6) is 11.5 Å². The highest BCUT2D eigenvalue weighted by molar-refractivity contribution is 6.30. The third-order valence-electron chi connectivity index (χ3n) is 4.17. The van der Waals surface area contributed by atoms with E-state index in [9.17, 15) is 0 Å². The molecule has 108 valence electrons. The predicted octanol–water partition coefficient (Wildman–Crippen LogP) is 3.85. The molecule has 0 radical (unpaired) electrons. The Labute approximate surface area is 128 Å². The van der Waals surface area contributed by atoms with E-state index in [1.54, 1.807) is 0 Å². The maximum Gasteiger partial charge on any atom is 0.231 e. The second-order valence-electron chi connectivity index (χ2n) is 5.50. The van der Waals surface area contributed by atoms with Gasteiger partial charge in [0.15, 0.2) is 11.5 Å². The van der Waals surface area contributed by atoms with Crippen molar-refractivity contribution in [2.75, 3.05) is 6.79 Å². The Morgan fingerprint density at radius 3 is 2.95 bits per heavy atom. The first-order chi connectivity index (χ1) is 10.3. The summed E-state index contributed by atoms with van der Waals surface area (Å²) in [5.74, 6) is 1.67. The molecule has 4 heteroatoms. The van der Waals surface area contributed by atoms with Crippen LogP contribution in [0.3, 0.4) is 0 Å². The van der Waals surface area contributed by atoms with Gasteiger partial charge in [-0.15, -0.1) is 0 Å².